The van der Waals surface area contributed by atoms with Gasteiger partial charge < -0.3 is 20.3 Å². The van der Waals surface area contributed by atoms with Crippen LogP contribution in [-0.4, -0.2) is 87.9 Å². The number of nitrogens with one attached hydrogen (secondary N) is 2. The zero-order chi connectivity index (χ0) is 17.2. The fraction of sp³-hybridized carbons (Fsp3) is 0.941. The second-order valence-corrected chi connectivity index (χ2v) is 6.83. The summed E-state index contributed by atoms with van der Waals surface area (Å²) in [4.78, 5) is 9.50. The minimum absolute atomic E-state index is 0. The maximum atomic E-state index is 5.10. The second kappa shape index (κ2) is 13.1. The van der Waals surface area contributed by atoms with E-state index in [1.54, 1.807) is 7.11 Å². The van der Waals surface area contributed by atoms with Gasteiger partial charge in [-0.25, -0.2) is 0 Å². The molecule has 0 radical (unpaired) electrons. The van der Waals surface area contributed by atoms with Gasteiger partial charge in [0.1, 0.15) is 0 Å². The lowest BCUT2D eigenvalue weighted by Crippen LogP contribution is -2.47. The predicted octanol–water partition coefficient (Wildman–Crippen LogP) is 1.47. The summed E-state index contributed by atoms with van der Waals surface area (Å²) in [5.74, 6) is 1.58. The molecule has 1 saturated heterocycles. The average molecular weight is 455 g/mol. The number of hydrogen-bond donors (Lipinski definition) is 2. The maximum Gasteiger partial charge on any atom is 0.191 e. The summed E-state index contributed by atoms with van der Waals surface area (Å²) in [6.45, 7) is 15.6. The van der Waals surface area contributed by atoms with E-state index in [4.69, 9.17) is 9.73 Å². The first kappa shape index (κ1) is 23.9. The number of likely N-dealkylation sites (N-methyl/N-ethyl adjacent to an activating group) is 1. The van der Waals surface area contributed by atoms with Crippen LogP contribution in [0.25, 0.3) is 0 Å². The van der Waals surface area contributed by atoms with E-state index in [0.717, 1.165) is 51.8 Å². The first-order valence-electron chi connectivity index (χ1n) is 8.94. The van der Waals surface area contributed by atoms with Crippen molar-refractivity contribution in [3.8, 4) is 0 Å². The zero-order valence-corrected chi connectivity index (χ0v) is 18.7. The third-order valence-corrected chi connectivity index (χ3v) is 4.47. The first-order valence-corrected chi connectivity index (χ1v) is 8.94. The van der Waals surface area contributed by atoms with E-state index in [1.165, 1.54) is 0 Å². The molecule has 1 aliphatic heterocycles. The summed E-state index contributed by atoms with van der Waals surface area (Å²) < 4.78 is 5.10. The summed E-state index contributed by atoms with van der Waals surface area (Å²) >= 11 is 0. The number of hydrogen-bond acceptors (Lipinski definition) is 4. The van der Waals surface area contributed by atoms with Gasteiger partial charge in [0.15, 0.2) is 5.96 Å². The van der Waals surface area contributed by atoms with Crippen molar-refractivity contribution in [2.45, 2.75) is 39.8 Å². The monoisotopic (exact) mass is 455 g/mol. The van der Waals surface area contributed by atoms with Gasteiger partial charge in [-0.3, -0.25) is 9.89 Å². The summed E-state index contributed by atoms with van der Waals surface area (Å²) in [5.41, 5.74) is 0. The standard InChI is InChI=1S/C17H37N5O.HI/c1-7-18-17(19-8-9-21(5)10-11-23-6)20-16-13-22(14(2)3)12-15(16)4;/h14-16H,7-13H2,1-6H3,(H2,18,19,20);1H. The van der Waals surface area contributed by atoms with Crippen LogP contribution in [0.5, 0.6) is 0 Å². The van der Waals surface area contributed by atoms with E-state index in [1.807, 2.05) is 0 Å². The Kier molecular flexibility index (Phi) is 13.1. The van der Waals surface area contributed by atoms with Crippen molar-refractivity contribution < 1.29 is 4.74 Å². The van der Waals surface area contributed by atoms with Crippen molar-refractivity contribution in [1.82, 2.24) is 20.4 Å². The lowest BCUT2D eigenvalue weighted by molar-refractivity contribution is 0.163. The van der Waals surface area contributed by atoms with E-state index in [9.17, 15) is 0 Å². The largest absolute Gasteiger partial charge is 0.383 e. The molecular weight excluding hydrogens is 417 g/mol. The third-order valence-electron chi connectivity index (χ3n) is 4.47. The Bertz CT molecular complexity index is 354. The van der Waals surface area contributed by atoms with Crippen LogP contribution in [0, 0.1) is 5.92 Å². The molecule has 0 aliphatic carbocycles. The fourth-order valence-corrected chi connectivity index (χ4v) is 2.80. The van der Waals surface area contributed by atoms with E-state index in [-0.39, 0.29) is 24.0 Å². The van der Waals surface area contributed by atoms with Gasteiger partial charge in [-0.15, -0.1) is 24.0 Å². The average Bonchev–Trinajstić information content (AvgIpc) is 2.86. The topological polar surface area (TPSA) is 52.1 Å². The number of likely N-dealkylation sites (tertiary alicyclic amines) is 1. The first-order chi connectivity index (χ1) is 11.0. The Hall–Kier alpha value is -0.120. The lowest BCUT2D eigenvalue weighted by Gasteiger charge is -2.22. The second-order valence-electron chi connectivity index (χ2n) is 6.83. The number of ether oxygens (including phenoxy) is 1. The minimum Gasteiger partial charge on any atom is -0.383 e. The molecule has 1 fully saturated rings. The molecule has 0 aromatic rings. The quantitative estimate of drug-likeness (QED) is 0.313. The van der Waals surface area contributed by atoms with Gasteiger partial charge in [-0.2, -0.15) is 0 Å². The summed E-state index contributed by atoms with van der Waals surface area (Å²) in [6, 6.07) is 1.08. The van der Waals surface area contributed by atoms with E-state index in [2.05, 4.69) is 55.2 Å². The van der Waals surface area contributed by atoms with Crippen LogP contribution in [-0.2, 0) is 4.74 Å². The molecule has 1 rings (SSSR count). The Balaban J connectivity index is 0.00000529. The minimum atomic E-state index is 0. The smallest absolute Gasteiger partial charge is 0.191 e. The van der Waals surface area contributed by atoms with Crippen LogP contribution in [0.4, 0.5) is 0 Å². The van der Waals surface area contributed by atoms with Crippen molar-refractivity contribution in [3.05, 3.63) is 0 Å². The number of halogens is 1. The van der Waals surface area contributed by atoms with Crippen molar-refractivity contribution in [2.75, 3.05) is 60.0 Å². The van der Waals surface area contributed by atoms with Crippen molar-refractivity contribution in [1.29, 1.82) is 0 Å². The van der Waals surface area contributed by atoms with Crippen molar-refractivity contribution in [2.24, 2.45) is 10.9 Å². The predicted molar refractivity (Wildman–Crippen MR) is 114 cm³/mol. The van der Waals surface area contributed by atoms with Gasteiger partial charge in [-0.1, -0.05) is 6.92 Å². The number of guanidine groups is 1. The zero-order valence-electron chi connectivity index (χ0n) is 16.3. The van der Waals surface area contributed by atoms with E-state index < -0.39 is 0 Å². The summed E-state index contributed by atoms with van der Waals surface area (Å²) in [6.07, 6.45) is 0. The molecule has 6 nitrogen and oxygen atoms in total. The van der Waals surface area contributed by atoms with Gasteiger partial charge in [0.25, 0.3) is 0 Å². The highest BCUT2D eigenvalue weighted by atomic mass is 127. The molecule has 0 bridgehead atoms. The number of nitrogens with zero attached hydrogens (tertiary/aromatic N) is 3. The molecule has 1 heterocycles. The van der Waals surface area contributed by atoms with Crippen LogP contribution in [0.3, 0.4) is 0 Å². The molecule has 144 valence electrons. The molecule has 0 saturated carbocycles. The Morgan fingerprint density at radius 3 is 2.58 bits per heavy atom. The molecule has 0 spiro atoms. The van der Waals surface area contributed by atoms with Gasteiger partial charge in [0.05, 0.1) is 13.2 Å². The highest BCUT2D eigenvalue weighted by Gasteiger charge is 2.31. The maximum absolute atomic E-state index is 5.10. The SMILES string of the molecule is CCNC(=NCCN(C)CCOC)NC1CN(C(C)C)CC1C.I. The molecule has 0 amide bonds. The molecule has 7 heteroatoms. The van der Waals surface area contributed by atoms with E-state index >= 15 is 0 Å². The normalized spacial score (nSPS) is 22.1. The van der Waals surface area contributed by atoms with Crippen LogP contribution in [0.2, 0.25) is 0 Å². The Labute approximate surface area is 165 Å². The summed E-state index contributed by atoms with van der Waals surface area (Å²) in [7, 11) is 3.84. The molecule has 24 heavy (non-hydrogen) atoms. The molecule has 2 unspecified atom stereocenters. The fourth-order valence-electron chi connectivity index (χ4n) is 2.80. The highest BCUT2D eigenvalue weighted by molar-refractivity contribution is 14.0. The molecule has 1 aliphatic rings. The van der Waals surface area contributed by atoms with Gasteiger partial charge in [0, 0.05) is 51.9 Å². The van der Waals surface area contributed by atoms with Crippen molar-refractivity contribution in [3.63, 3.8) is 0 Å². The van der Waals surface area contributed by atoms with Crippen LogP contribution >= 0.6 is 24.0 Å². The van der Waals surface area contributed by atoms with Gasteiger partial charge >= 0.3 is 0 Å². The molecule has 2 N–H and O–H groups in total. The van der Waals surface area contributed by atoms with Gasteiger partial charge in [0.2, 0.25) is 0 Å². The summed E-state index contributed by atoms with van der Waals surface area (Å²) in [5, 5.41) is 6.99. The molecular formula is C17H38IN5O. The van der Waals surface area contributed by atoms with Gasteiger partial charge in [-0.05, 0) is 33.7 Å². The molecule has 0 aromatic carbocycles. The van der Waals surface area contributed by atoms with Crippen LogP contribution < -0.4 is 10.6 Å². The number of methoxy groups -OCH3 is 1. The van der Waals surface area contributed by atoms with Crippen LogP contribution in [0.15, 0.2) is 4.99 Å². The highest BCUT2D eigenvalue weighted by Crippen LogP contribution is 2.18. The van der Waals surface area contributed by atoms with E-state index in [0.29, 0.717) is 18.0 Å². The Morgan fingerprint density at radius 1 is 1.33 bits per heavy atom. The number of aliphatic imine (C=N–C) groups is 1. The van der Waals surface area contributed by atoms with Crippen LogP contribution in [0.1, 0.15) is 27.7 Å². The third kappa shape index (κ3) is 8.82. The van der Waals surface area contributed by atoms with Crippen molar-refractivity contribution >= 4 is 29.9 Å². The lowest BCUT2D eigenvalue weighted by atomic mass is 10.1. The Morgan fingerprint density at radius 2 is 2.04 bits per heavy atom. The molecule has 0 aromatic heterocycles. The molecule has 2 atom stereocenters. The number of rotatable bonds is 9.